The lowest BCUT2D eigenvalue weighted by Crippen LogP contribution is -2.48. The highest BCUT2D eigenvalue weighted by atomic mass is 35.5. The molecule has 0 N–H and O–H groups in total. The van der Waals surface area contributed by atoms with Crippen molar-refractivity contribution in [3.05, 3.63) is 59.3 Å². The molecule has 0 atom stereocenters. The fourth-order valence-corrected chi connectivity index (χ4v) is 5.34. The molecular formula is C21H23ClN4O3S. The number of carbonyl (C=O) groups is 1. The largest absolute Gasteiger partial charge is 0.353 e. The molecule has 2 aliphatic rings. The number of halogens is 1. The molecule has 7 nitrogen and oxygen atoms in total. The normalized spacial score (nSPS) is 18.9. The van der Waals surface area contributed by atoms with E-state index in [9.17, 15) is 13.2 Å². The Morgan fingerprint density at radius 1 is 1.00 bits per heavy atom. The van der Waals surface area contributed by atoms with Gasteiger partial charge in [0.15, 0.2) is 0 Å². The first-order valence-electron chi connectivity index (χ1n) is 9.86. The minimum Gasteiger partial charge on any atom is -0.353 e. The van der Waals surface area contributed by atoms with Gasteiger partial charge < -0.3 is 9.80 Å². The Labute approximate surface area is 181 Å². The molecule has 2 saturated heterocycles. The summed E-state index contributed by atoms with van der Waals surface area (Å²) in [5.74, 6) is 1.02. The summed E-state index contributed by atoms with van der Waals surface area (Å²) in [5.41, 5.74) is 1.52. The summed E-state index contributed by atoms with van der Waals surface area (Å²) in [6.07, 6.45) is 5.61. The molecule has 9 heteroatoms. The summed E-state index contributed by atoms with van der Waals surface area (Å²) < 4.78 is 25.5. The van der Waals surface area contributed by atoms with Crippen LogP contribution in [0.25, 0.3) is 6.08 Å². The van der Waals surface area contributed by atoms with Crippen molar-refractivity contribution in [3.63, 3.8) is 0 Å². The second kappa shape index (κ2) is 8.65. The Balaban J connectivity index is 1.32. The molecule has 2 aromatic rings. The lowest BCUT2D eigenvalue weighted by Gasteiger charge is -2.34. The van der Waals surface area contributed by atoms with Crippen LogP contribution in [-0.2, 0) is 14.8 Å². The summed E-state index contributed by atoms with van der Waals surface area (Å²) in [7, 11) is -3.18. The Kier molecular flexibility index (Phi) is 5.97. The van der Waals surface area contributed by atoms with Crippen LogP contribution >= 0.6 is 11.6 Å². The fourth-order valence-electron chi connectivity index (χ4n) is 3.67. The summed E-state index contributed by atoms with van der Waals surface area (Å²) >= 11 is 5.88. The van der Waals surface area contributed by atoms with Crippen molar-refractivity contribution in [2.75, 3.05) is 47.7 Å². The van der Waals surface area contributed by atoms with Crippen LogP contribution < -0.4 is 9.21 Å². The van der Waals surface area contributed by atoms with E-state index in [0.717, 1.165) is 11.4 Å². The maximum atomic E-state index is 12.5. The number of hydrogen-bond donors (Lipinski definition) is 0. The predicted octanol–water partition coefficient (Wildman–Crippen LogP) is 2.64. The molecule has 30 heavy (non-hydrogen) atoms. The maximum Gasteiger partial charge on any atom is 0.246 e. The zero-order valence-electron chi connectivity index (χ0n) is 16.4. The first-order valence-corrected chi connectivity index (χ1v) is 11.8. The Bertz CT molecular complexity index is 1030. The van der Waals surface area contributed by atoms with Gasteiger partial charge in [-0.1, -0.05) is 23.7 Å². The number of nitrogens with zero attached hydrogens (tertiary/aromatic N) is 4. The number of anilines is 2. The number of amides is 1. The number of rotatable bonds is 4. The topological polar surface area (TPSA) is 73.8 Å². The highest BCUT2D eigenvalue weighted by Gasteiger charge is 2.28. The van der Waals surface area contributed by atoms with Crippen LogP contribution in [0.2, 0.25) is 5.02 Å². The average Bonchev–Trinajstić information content (AvgIpc) is 3.12. The molecule has 1 amide bonds. The van der Waals surface area contributed by atoms with Gasteiger partial charge in [-0.15, -0.1) is 0 Å². The lowest BCUT2D eigenvalue weighted by molar-refractivity contribution is -0.126. The van der Waals surface area contributed by atoms with Crippen LogP contribution in [0.15, 0.2) is 48.7 Å². The van der Waals surface area contributed by atoms with Crippen molar-refractivity contribution in [2.24, 2.45) is 0 Å². The molecule has 0 saturated carbocycles. The molecule has 2 aliphatic heterocycles. The van der Waals surface area contributed by atoms with Gasteiger partial charge in [-0.05, 0) is 42.3 Å². The molecule has 0 bridgehead atoms. The summed E-state index contributed by atoms with van der Waals surface area (Å²) in [5, 5.41) is 0.604. The van der Waals surface area contributed by atoms with Gasteiger partial charge in [-0.3, -0.25) is 9.10 Å². The van der Waals surface area contributed by atoms with Crippen molar-refractivity contribution in [2.45, 2.75) is 6.42 Å². The standard InChI is InChI=1S/C21H23ClN4O3S/c22-18-5-8-20(23-16-18)24-11-13-25(14-12-24)21(27)9-4-17-2-6-19(7-3-17)26-10-1-15-30(26,28)29/h2-9,16H,1,10-15H2/b9-4+. The number of sulfonamides is 1. The van der Waals surface area contributed by atoms with Gasteiger partial charge in [0.1, 0.15) is 5.82 Å². The Morgan fingerprint density at radius 2 is 1.73 bits per heavy atom. The van der Waals surface area contributed by atoms with Gasteiger partial charge in [-0.2, -0.15) is 0 Å². The molecule has 0 aliphatic carbocycles. The van der Waals surface area contributed by atoms with Gasteiger partial charge >= 0.3 is 0 Å². The quantitative estimate of drug-likeness (QED) is 0.675. The molecule has 0 radical (unpaired) electrons. The molecule has 0 spiro atoms. The highest BCUT2D eigenvalue weighted by molar-refractivity contribution is 7.93. The second-order valence-corrected chi connectivity index (χ2v) is 9.76. The van der Waals surface area contributed by atoms with E-state index < -0.39 is 10.0 Å². The van der Waals surface area contributed by atoms with Crippen LogP contribution in [0.1, 0.15) is 12.0 Å². The smallest absolute Gasteiger partial charge is 0.246 e. The predicted molar refractivity (Wildman–Crippen MR) is 119 cm³/mol. The summed E-state index contributed by atoms with van der Waals surface area (Å²) in [4.78, 5) is 20.8. The minimum absolute atomic E-state index is 0.0371. The van der Waals surface area contributed by atoms with Crippen LogP contribution in [0.4, 0.5) is 11.5 Å². The molecule has 1 aromatic heterocycles. The van der Waals surface area contributed by atoms with E-state index in [1.807, 2.05) is 29.2 Å². The van der Waals surface area contributed by atoms with Gasteiger partial charge in [-0.25, -0.2) is 13.4 Å². The van der Waals surface area contributed by atoms with Gasteiger partial charge in [0, 0.05) is 45.0 Å². The van der Waals surface area contributed by atoms with Crippen molar-refractivity contribution in [1.82, 2.24) is 9.88 Å². The van der Waals surface area contributed by atoms with E-state index in [1.165, 1.54) is 4.31 Å². The molecular weight excluding hydrogens is 424 g/mol. The number of benzene rings is 1. The minimum atomic E-state index is -3.18. The van der Waals surface area contributed by atoms with Crippen LogP contribution in [0, 0.1) is 0 Å². The molecule has 1 aromatic carbocycles. The number of carbonyl (C=O) groups excluding carboxylic acids is 1. The third kappa shape index (κ3) is 4.60. The summed E-state index contributed by atoms with van der Waals surface area (Å²) in [6.45, 7) is 3.20. The molecule has 158 valence electrons. The lowest BCUT2D eigenvalue weighted by atomic mass is 10.2. The zero-order valence-corrected chi connectivity index (χ0v) is 18.0. The number of hydrogen-bond acceptors (Lipinski definition) is 5. The molecule has 4 rings (SSSR count). The van der Waals surface area contributed by atoms with Crippen LogP contribution in [0.3, 0.4) is 0 Å². The Morgan fingerprint density at radius 3 is 2.33 bits per heavy atom. The van der Waals surface area contributed by atoms with E-state index in [2.05, 4.69) is 9.88 Å². The molecule has 2 fully saturated rings. The van der Waals surface area contributed by atoms with Gasteiger partial charge in [0.05, 0.1) is 16.5 Å². The van der Waals surface area contributed by atoms with E-state index in [4.69, 9.17) is 11.6 Å². The first-order chi connectivity index (χ1) is 14.4. The number of aromatic nitrogens is 1. The monoisotopic (exact) mass is 446 g/mol. The third-order valence-corrected chi connectivity index (χ3v) is 7.42. The van der Waals surface area contributed by atoms with Crippen LogP contribution in [-0.4, -0.2) is 62.7 Å². The molecule has 0 unspecified atom stereocenters. The van der Waals surface area contributed by atoms with Gasteiger partial charge in [0.25, 0.3) is 0 Å². The first kappa shape index (κ1) is 20.7. The van der Waals surface area contributed by atoms with Crippen LogP contribution in [0.5, 0.6) is 0 Å². The summed E-state index contributed by atoms with van der Waals surface area (Å²) in [6, 6.07) is 10.9. The van der Waals surface area contributed by atoms with Crippen molar-refractivity contribution >= 4 is 45.1 Å². The van der Waals surface area contributed by atoms with Crippen molar-refractivity contribution in [3.8, 4) is 0 Å². The zero-order chi connectivity index (χ0) is 21.1. The third-order valence-electron chi connectivity index (χ3n) is 5.33. The fraction of sp³-hybridized carbons (Fsp3) is 0.333. The highest BCUT2D eigenvalue weighted by Crippen LogP contribution is 2.24. The number of pyridine rings is 1. The van der Waals surface area contributed by atoms with E-state index in [1.54, 1.807) is 30.5 Å². The van der Waals surface area contributed by atoms with E-state index in [-0.39, 0.29) is 11.7 Å². The molecule has 3 heterocycles. The van der Waals surface area contributed by atoms with Crippen molar-refractivity contribution in [1.29, 1.82) is 0 Å². The Hall–Kier alpha value is -2.58. The second-order valence-electron chi connectivity index (χ2n) is 7.31. The van der Waals surface area contributed by atoms with Gasteiger partial charge in [0.2, 0.25) is 15.9 Å². The maximum absolute atomic E-state index is 12.5. The van der Waals surface area contributed by atoms with E-state index in [0.29, 0.717) is 49.9 Å². The van der Waals surface area contributed by atoms with E-state index >= 15 is 0 Å². The van der Waals surface area contributed by atoms with Crippen molar-refractivity contribution < 1.29 is 13.2 Å². The number of piperazine rings is 1. The SMILES string of the molecule is O=C(/C=C/c1ccc(N2CCCS2(=O)=O)cc1)N1CCN(c2ccc(Cl)cn2)CC1. The average molecular weight is 447 g/mol.